The van der Waals surface area contributed by atoms with Crippen LogP contribution in [0.4, 0.5) is 4.39 Å². The molecule has 0 saturated heterocycles. The van der Waals surface area contributed by atoms with Crippen molar-refractivity contribution in [1.82, 2.24) is 4.90 Å². The van der Waals surface area contributed by atoms with Gasteiger partial charge in [-0.15, -0.1) is 0 Å². The third-order valence-electron chi connectivity index (χ3n) is 4.15. The van der Waals surface area contributed by atoms with Crippen molar-refractivity contribution in [1.29, 1.82) is 0 Å². The van der Waals surface area contributed by atoms with Crippen molar-refractivity contribution >= 4 is 11.9 Å². The first kappa shape index (κ1) is 16.2. The van der Waals surface area contributed by atoms with E-state index in [4.69, 9.17) is 4.74 Å². The van der Waals surface area contributed by atoms with E-state index < -0.39 is 17.9 Å². The van der Waals surface area contributed by atoms with Gasteiger partial charge in [-0.1, -0.05) is 24.3 Å². The Morgan fingerprint density at radius 2 is 1.75 bits per heavy atom. The second kappa shape index (κ2) is 6.83. The second-order valence-corrected chi connectivity index (χ2v) is 5.83. The molecule has 0 bridgehead atoms. The van der Waals surface area contributed by atoms with E-state index in [9.17, 15) is 14.0 Å². The van der Waals surface area contributed by atoms with Gasteiger partial charge in [0.15, 0.2) is 6.10 Å². The van der Waals surface area contributed by atoms with Crippen LogP contribution in [0.1, 0.15) is 28.4 Å². The van der Waals surface area contributed by atoms with E-state index in [1.807, 2.05) is 18.2 Å². The van der Waals surface area contributed by atoms with Crippen LogP contribution in [0.3, 0.4) is 0 Å². The Hall–Kier alpha value is -2.69. The number of rotatable bonds is 3. The Morgan fingerprint density at radius 3 is 2.46 bits per heavy atom. The van der Waals surface area contributed by atoms with Crippen LogP contribution in [0.5, 0.6) is 0 Å². The Labute approximate surface area is 139 Å². The van der Waals surface area contributed by atoms with Crippen molar-refractivity contribution in [3.8, 4) is 0 Å². The molecule has 0 aromatic heterocycles. The smallest absolute Gasteiger partial charge is 0.338 e. The lowest BCUT2D eigenvalue weighted by atomic mass is 9.99. The van der Waals surface area contributed by atoms with Crippen molar-refractivity contribution in [2.75, 3.05) is 6.54 Å². The molecule has 124 valence electrons. The Bertz CT molecular complexity index is 757. The summed E-state index contributed by atoms with van der Waals surface area (Å²) in [6.45, 7) is 2.69. The number of halogens is 1. The molecule has 1 aliphatic rings. The first-order chi connectivity index (χ1) is 11.5. The maximum atomic E-state index is 12.9. The molecule has 1 atom stereocenters. The third kappa shape index (κ3) is 3.45. The van der Waals surface area contributed by atoms with Gasteiger partial charge in [0.25, 0.3) is 5.91 Å². The molecule has 5 heteroatoms. The summed E-state index contributed by atoms with van der Waals surface area (Å²) >= 11 is 0. The SMILES string of the molecule is CC(OC(=O)c1ccc(F)cc1)C(=O)N1CCc2ccccc2C1. The minimum absolute atomic E-state index is 0.222. The van der Waals surface area contributed by atoms with Gasteiger partial charge in [0, 0.05) is 13.1 Å². The maximum absolute atomic E-state index is 12.9. The van der Waals surface area contributed by atoms with Crippen molar-refractivity contribution in [2.24, 2.45) is 0 Å². The van der Waals surface area contributed by atoms with Crippen LogP contribution in [-0.2, 0) is 22.5 Å². The minimum atomic E-state index is -0.882. The topological polar surface area (TPSA) is 46.6 Å². The highest BCUT2D eigenvalue weighted by atomic mass is 19.1. The van der Waals surface area contributed by atoms with Crippen molar-refractivity contribution in [3.05, 3.63) is 71.0 Å². The van der Waals surface area contributed by atoms with E-state index in [0.717, 1.165) is 12.0 Å². The molecule has 1 amide bonds. The molecule has 24 heavy (non-hydrogen) atoms. The highest BCUT2D eigenvalue weighted by Crippen LogP contribution is 2.19. The van der Waals surface area contributed by atoms with Crippen LogP contribution >= 0.6 is 0 Å². The van der Waals surface area contributed by atoms with Gasteiger partial charge in [0.1, 0.15) is 5.82 Å². The first-order valence-electron chi connectivity index (χ1n) is 7.86. The molecule has 0 N–H and O–H groups in total. The van der Waals surface area contributed by atoms with E-state index in [0.29, 0.717) is 13.1 Å². The molecule has 1 heterocycles. The van der Waals surface area contributed by atoms with Crippen LogP contribution in [0.2, 0.25) is 0 Å². The molecular formula is C19H18FNO3. The summed E-state index contributed by atoms with van der Waals surface area (Å²) in [6, 6.07) is 13.1. The summed E-state index contributed by atoms with van der Waals surface area (Å²) in [4.78, 5) is 26.3. The van der Waals surface area contributed by atoms with E-state index in [2.05, 4.69) is 6.07 Å². The van der Waals surface area contributed by atoms with Crippen LogP contribution in [0.15, 0.2) is 48.5 Å². The minimum Gasteiger partial charge on any atom is -0.449 e. The zero-order chi connectivity index (χ0) is 17.1. The summed E-state index contributed by atoms with van der Waals surface area (Å²) in [5, 5.41) is 0. The maximum Gasteiger partial charge on any atom is 0.338 e. The van der Waals surface area contributed by atoms with Crippen molar-refractivity contribution in [3.63, 3.8) is 0 Å². The normalized spacial score (nSPS) is 14.7. The predicted octanol–water partition coefficient (Wildman–Crippen LogP) is 2.96. The fourth-order valence-electron chi connectivity index (χ4n) is 2.81. The number of esters is 1. The van der Waals surface area contributed by atoms with Gasteiger partial charge in [-0.2, -0.15) is 0 Å². The summed E-state index contributed by atoms with van der Waals surface area (Å²) in [7, 11) is 0. The molecule has 1 aliphatic heterocycles. The molecule has 0 fully saturated rings. The number of fused-ring (bicyclic) bond motifs is 1. The van der Waals surface area contributed by atoms with Gasteiger partial charge in [-0.05, 0) is 48.7 Å². The quantitative estimate of drug-likeness (QED) is 0.814. The van der Waals surface area contributed by atoms with E-state index in [1.165, 1.54) is 29.8 Å². The summed E-state index contributed by atoms with van der Waals surface area (Å²) < 4.78 is 18.1. The summed E-state index contributed by atoms with van der Waals surface area (Å²) in [6.07, 6.45) is -0.0894. The highest BCUT2D eigenvalue weighted by Gasteiger charge is 2.27. The van der Waals surface area contributed by atoms with Gasteiger partial charge < -0.3 is 9.64 Å². The van der Waals surface area contributed by atoms with E-state index >= 15 is 0 Å². The number of hydrogen-bond acceptors (Lipinski definition) is 3. The monoisotopic (exact) mass is 327 g/mol. The average molecular weight is 327 g/mol. The average Bonchev–Trinajstić information content (AvgIpc) is 2.61. The molecule has 1 unspecified atom stereocenters. The fraction of sp³-hybridized carbons (Fsp3) is 0.263. The van der Waals surface area contributed by atoms with E-state index in [1.54, 1.807) is 11.8 Å². The van der Waals surface area contributed by atoms with Crippen molar-refractivity contribution in [2.45, 2.75) is 26.0 Å². The van der Waals surface area contributed by atoms with Gasteiger partial charge in [-0.25, -0.2) is 9.18 Å². The predicted molar refractivity (Wildman–Crippen MR) is 86.8 cm³/mol. The Kier molecular flexibility index (Phi) is 4.60. The van der Waals surface area contributed by atoms with Gasteiger partial charge >= 0.3 is 5.97 Å². The summed E-state index contributed by atoms with van der Waals surface area (Å²) in [5.74, 6) is -1.28. The molecule has 2 aromatic rings. The molecule has 0 spiro atoms. The van der Waals surface area contributed by atoms with Crippen LogP contribution < -0.4 is 0 Å². The summed E-state index contributed by atoms with van der Waals surface area (Å²) in [5.41, 5.74) is 2.59. The number of carbonyl (C=O) groups excluding carboxylic acids is 2. The van der Waals surface area contributed by atoms with E-state index in [-0.39, 0.29) is 11.5 Å². The second-order valence-electron chi connectivity index (χ2n) is 5.83. The number of carbonyl (C=O) groups is 2. The Morgan fingerprint density at radius 1 is 1.08 bits per heavy atom. The number of hydrogen-bond donors (Lipinski definition) is 0. The zero-order valence-electron chi connectivity index (χ0n) is 13.4. The molecule has 0 aliphatic carbocycles. The lowest BCUT2D eigenvalue weighted by molar-refractivity contribution is -0.140. The van der Waals surface area contributed by atoms with Gasteiger partial charge in [-0.3, -0.25) is 4.79 Å². The molecule has 2 aromatic carbocycles. The lowest BCUT2D eigenvalue weighted by Crippen LogP contribution is -2.42. The van der Waals surface area contributed by atoms with Gasteiger partial charge in [0.05, 0.1) is 5.56 Å². The number of amides is 1. The zero-order valence-corrected chi connectivity index (χ0v) is 13.4. The number of benzene rings is 2. The van der Waals surface area contributed by atoms with Crippen LogP contribution in [0.25, 0.3) is 0 Å². The highest BCUT2D eigenvalue weighted by molar-refractivity contribution is 5.92. The number of ether oxygens (including phenoxy) is 1. The first-order valence-corrected chi connectivity index (χ1v) is 7.86. The fourth-order valence-corrected chi connectivity index (χ4v) is 2.81. The van der Waals surface area contributed by atoms with Gasteiger partial charge in [0.2, 0.25) is 0 Å². The van der Waals surface area contributed by atoms with Crippen LogP contribution in [-0.4, -0.2) is 29.4 Å². The Balaban J connectivity index is 1.63. The molecule has 3 rings (SSSR count). The molecule has 4 nitrogen and oxygen atoms in total. The standard InChI is InChI=1S/C19H18FNO3/c1-13(24-19(23)15-6-8-17(20)9-7-15)18(22)21-11-10-14-4-2-3-5-16(14)12-21/h2-9,13H,10-12H2,1H3. The van der Waals surface area contributed by atoms with Crippen LogP contribution in [0, 0.1) is 5.82 Å². The van der Waals surface area contributed by atoms with Crippen molar-refractivity contribution < 1.29 is 18.7 Å². The molecule has 0 saturated carbocycles. The largest absolute Gasteiger partial charge is 0.449 e. The lowest BCUT2D eigenvalue weighted by Gasteiger charge is -2.30. The number of nitrogens with zero attached hydrogens (tertiary/aromatic N) is 1. The molecular weight excluding hydrogens is 309 g/mol. The third-order valence-corrected chi connectivity index (χ3v) is 4.15. The molecule has 0 radical (unpaired) electrons.